The Bertz CT molecular complexity index is 227. The lowest BCUT2D eigenvalue weighted by Crippen LogP contribution is -2.32. The molecule has 1 unspecified atom stereocenters. The highest BCUT2D eigenvalue weighted by molar-refractivity contribution is 4.65. The predicted octanol–water partition coefficient (Wildman–Crippen LogP) is -1.12. The highest BCUT2D eigenvalue weighted by Gasteiger charge is 2.01. The Kier molecular flexibility index (Phi) is 5.13. The number of rotatable bonds is 7. The average molecular weight is 200 g/mol. The molecule has 0 amide bonds. The van der Waals surface area contributed by atoms with Gasteiger partial charge in [0.15, 0.2) is 0 Å². The summed E-state index contributed by atoms with van der Waals surface area (Å²) >= 11 is 0. The molecule has 14 heavy (non-hydrogen) atoms. The van der Waals surface area contributed by atoms with E-state index < -0.39 is 6.10 Å². The van der Waals surface area contributed by atoms with Gasteiger partial charge in [-0.1, -0.05) is 5.21 Å². The van der Waals surface area contributed by atoms with Crippen molar-refractivity contribution >= 4 is 0 Å². The molecule has 1 heterocycles. The smallest absolute Gasteiger partial charge is 0.0897 e. The normalized spacial score (nSPS) is 13.0. The third kappa shape index (κ3) is 4.31. The standard InChI is InChI=1S/C8H16N4O2/c1-14-7-8(13)6-9-2-4-12-5-3-10-11-12/h3,5,8-9,13H,2,4,6-7H2,1H3. The Morgan fingerprint density at radius 3 is 3.14 bits per heavy atom. The van der Waals surface area contributed by atoms with Crippen LogP contribution in [-0.4, -0.2) is 53.0 Å². The number of ether oxygens (including phenoxy) is 1. The second-order valence-corrected chi connectivity index (χ2v) is 2.98. The van der Waals surface area contributed by atoms with E-state index in [1.165, 1.54) is 0 Å². The van der Waals surface area contributed by atoms with E-state index in [-0.39, 0.29) is 0 Å². The SMILES string of the molecule is COCC(O)CNCCn1ccnn1. The third-order valence-electron chi connectivity index (χ3n) is 1.73. The fourth-order valence-electron chi connectivity index (χ4n) is 1.07. The molecule has 1 rings (SSSR count). The predicted molar refractivity (Wildman–Crippen MR) is 50.8 cm³/mol. The Morgan fingerprint density at radius 2 is 2.50 bits per heavy atom. The molecule has 6 nitrogen and oxygen atoms in total. The molecule has 0 bridgehead atoms. The minimum Gasteiger partial charge on any atom is -0.389 e. The van der Waals surface area contributed by atoms with Crippen LogP contribution in [0, 0.1) is 0 Å². The average Bonchev–Trinajstić information content (AvgIpc) is 2.65. The number of aliphatic hydroxyl groups is 1. The van der Waals surface area contributed by atoms with E-state index in [2.05, 4.69) is 15.6 Å². The van der Waals surface area contributed by atoms with Gasteiger partial charge in [-0.15, -0.1) is 5.10 Å². The zero-order valence-corrected chi connectivity index (χ0v) is 8.26. The van der Waals surface area contributed by atoms with Crippen molar-refractivity contribution in [3.05, 3.63) is 12.4 Å². The maximum Gasteiger partial charge on any atom is 0.0897 e. The molecule has 0 aliphatic heterocycles. The molecule has 0 spiro atoms. The second kappa shape index (κ2) is 6.47. The topological polar surface area (TPSA) is 72.2 Å². The molecule has 2 N–H and O–H groups in total. The largest absolute Gasteiger partial charge is 0.389 e. The minimum absolute atomic E-state index is 0.357. The van der Waals surface area contributed by atoms with Gasteiger partial charge in [0.25, 0.3) is 0 Å². The van der Waals surface area contributed by atoms with Crippen molar-refractivity contribution in [2.24, 2.45) is 0 Å². The highest BCUT2D eigenvalue weighted by Crippen LogP contribution is 1.82. The zero-order chi connectivity index (χ0) is 10.2. The van der Waals surface area contributed by atoms with Gasteiger partial charge in [0.1, 0.15) is 0 Å². The minimum atomic E-state index is -0.448. The molecule has 0 radical (unpaired) electrons. The number of methoxy groups -OCH3 is 1. The quantitative estimate of drug-likeness (QED) is 0.545. The molecule has 0 saturated heterocycles. The van der Waals surface area contributed by atoms with Crippen molar-refractivity contribution in [2.75, 3.05) is 26.8 Å². The van der Waals surface area contributed by atoms with Crippen molar-refractivity contribution < 1.29 is 9.84 Å². The first-order valence-electron chi connectivity index (χ1n) is 4.54. The van der Waals surface area contributed by atoms with Crippen LogP contribution in [0.15, 0.2) is 12.4 Å². The highest BCUT2D eigenvalue weighted by atomic mass is 16.5. The number of hydrogen-bond donors (Lipinski definition) is 2. The van der Waals surface area contributed by atoms with Crippen LogP contribution >= 0.6 is 0 Å². The molecule has 80 valence electrons. The van der Waals surface area contributed by atoms with Gasteiger partial charge in [-0.2, -0.15) is 0 Å². The maximum absolute atomic E-state index is 9.28. The molecule has 0 aliphatic rings. The second-order valence-electron chi connectivity index (χ2n) is 2.98. The van der Waals surface area contributed by atoms with Crippen molar-refractivity contribution in [3.8, 4) is 0 Å². The summed E-state index contributed by atoms with van der Waals surface area (Å²) in [5.74, 6) is 0. The number of hydrogen-bond acceptors (Lipinski definition) is 5. The number of nitrogens with zero attached hydrogens (tertiary/aromatic N) is 3. The van der Waals surface area contributed by atoms with Crippen LogP contribution in [0.5, 0.6) is 0 Å². The number of nitrogens with one attached hydrogen (secondary N) is 1. The first kappa shape index (κ1) is 11.1. The molecule has 1 atom stereocenters. The van der Waals surface area contributed by atoms with E-state index in [0.717, 1.165) is 13.1 Å². The lowest BCUT2D eigenvalue weighted by molar-refractivity contribution is 0.0645. The van der Waals surface area contributed by atoms with Crippen LogP contribution < -0.4 is 5.32 Å². The zero-order valence-electron chi connectivity index (χ0n) is 8.26. The summed E-state index contributed by atoms with van der Waals surface area (Å²) in [6.07, 6.45) is 2.99. The molecule has 0 fully saturated rings. The molecule has 0 aliphatic carbocycles. The summed E-state index contributed by atoms with van der Waals surface area (Å²) in [6, 6.07) is 0. The van der Waals surface area contributed by atoms with Crippen molar-refractivity contribution in [1.29, 1.82) is 0 Å². The summed E-state index contributed by atoms with van der Waals surface area (Å²) in [7, 11) is 1.57. The Labute approximate surface area is 82.9 Å². The Morgan fingerprint density at radius 1 is 1.64 bits per heavy atom. The van der Waals surface area contributed by atoms with Crippen LogP contribution in [0.3, 0.4) is 0 Å². The number of aromatic nitrogens is 3. The van der Waals surface area contributed by atoms with E-state index in [4.69, 9.17) is 4.74 Å². The van der Waals surface area contributed by atoms with Gasteiger partial charge in [-0.25, -0.2) is 0 Å². The third-order valence-corrected chi connectivity index (χ3v) is 1.73. The summed E-state index contributed by atoms with van der Waals surface area (Å²) in [5, 5.41) is 19.9. The summed E-state index contributed by atoms with van der Waals surface area (Å²) in [4.78, 5) is 0. The molecule has 1 aromatic rings. The van der Waals surface area contributed by atoms with Crippen LogP contribution in [0.4, 0.5) is 0 Å². The van der Waals surface area contributed by atoms with Gasteiger partial charge in [0, 0.05) is 26.4 Å². The lowest BCUT2D eigenvalue weighted by Gasteiger charge is -2.10. The fraction of sp³-hybridized carbons (Fsp3) is 0.750. The van der Waals surface area contributed by atoms with Gasteiger partial charge in [-0.05, 0) is 0 Å². The molecule has 0 aromatic carbocycles. The first-order valence-corrected chi connectivity index (χ1v) is 4.54. The van der Waals surface area contributed by atoms with Crippen LogP contribution in [-0.2, 0) is 11.3 Å². The Hall–Kier alpha value is -0.980. The Balaban J connectivity index is 1.99. The van der Waals surface area contributed by atoms with Gasteiger partial charge in [0.2, 0.25) is 0 Å². The van der Waals surface area contributed by atoms with E-state index in [1.807, 2.05) is 0 Å². The van der Waals surface area contributed by atoms with Crippen molar-refractivity contribution in [3.63, 3.8) is 0 Å². The molecule has 6 heteroatoms. The number of aliphatic hydroxyl groups excluding tert-OH is 1. The van der Waals surface area contributed by atoms with E-state index in [1.54, 1.807) is 24.2 Å². The van der Waals surface area contributed by atoms with Crippen LogP contribution in [0.2, 0.25) is 0 Å². The van der Waals surface area contributed by atoms with Crippen LogP contribution in [0.1, 0.15) is 0 Å². The van der Waals surface area contributed by atoms with Gasteiger partial charge >= 0.3 is 0 Å². The molecule has 1 aromatic heterocycles. The summed E-state index contributed by atoms with van der Waals surface area (Å²) < 4.78 is 6.52. The maximum atomic E-state index is 9.28. The van der Waals surface area contributed by atoms with E-state index in [9.17, 15) is 5.11 Å². The van der Waals surface area contributed by atoms with E-state index in [0.29, 0.717) is 13.2 Å². The first-order chi connectivity index (χ1) is 6.83. The summed E-state index contributed by atoms with van der Waals surface area (Å²) in [5.41, 5.74) is 0. The van der Waals surface area contributed by atoms with Crippen molar-refractivity contribution in [2.45, 2.75) is 12.6 Å². The monoisotopic (exact) mass is 200 g/mol. The molecule has 0 saturated carbocycles. The molecular weight excluding hydrogens is 184 g/mol. The van der Waals surface area contributed by atoms with Crippen LogP contribution in [0.25, 0.3) is 0 Å². The molecular formula is C8H16N4O2. The van der Waals surface area contributed by atoms with E-state index >= 15 is 0 Å². The van der Waals surface area contributed by atoms with Gasteiger partial charge in [0.05, 0.1) is 25.5 Å². The van der Waals surface area contributed by atoms with Gasteiger partial charge < -0.3 is 15.2 Å². The van der Waals surface area contributed by atoms with Crippen molar-refractivity contribution in [1.82, 2.24) is 20.3 Å². The van der Waals surface area contributed by atoms with Gasteiger partial charge in [-0.3, -0.25) is 4.68 Å². The lowest BCUT2D eigenvalue weighted by atomic mass is 10.4. The fourth-order valence-corrected chi connectivity index (χ4v) is 1.07. The summed E-state index contributed by atoms with van der Waals surface area (Å²) in [6.45, 7) is 2.39.